The van der Waals surface area contributed by atoms with Crippen molar-refractivity contribution < 1.29 is 9.84 Å². The third-order valence-electron chi connectivity index (χ3n) is 2.13. The number of benzene rings is 1. The highest BCUT2D eigenvalue weighted by atomic mass is 35.5. The summed E-state index contributed by atoms with van der Waals surface area (Å²) < 4.78 is 5.48. The van der Waals surface area contributed by atoms with Gasteiger partial charge >= 0.3 is 0 Å². The van der Waals surface area contributed by atoms with Gasteiger partial charge in [-0.3, -0.25) is 0 Å². The number of aliphatic hydroxyl groups excluding tert-OH is 1. The second-order valence-corrected chi connectivity index (χ2v) is 4.10. The zero-order chi connectivity index (χ0) is 12.3. The average Bonchev–Trinajstić information content (AvgIpc) is 2.36. The highest BCUT2D eigenvalue weighted by Gasteiger charge is 2.08. The van der Waals surface area contributed by atoms with Crippen LogP contribution in [0.25, 0.3) is 0 Å². The first-order chi connectivity index (χ1) is 8.20. The molecule has 0 aliphatic rings. The van der Waals surface area contributed by atoms with E-state index in [2.05, 4.69) is 4.98 Å². The fourth-order valence-corrected chi connectivity index (χ4v) is 1.54. The van der Waals surface area contributed by atoms with Crippen LogP contribution in [-0.2, 0) is 6.61 Å². The maximum Gasteiger partial charge on any atom is 0.239 e. The first kappa shape index (κ1) is 12.2. The van der Waals surface area contributed by atoms with E-state index in [-0.39, 0.29) is 17.5 Å². The molecule has 0 fully saturated rings. The molecular formula is C12H9Cl2NO2. The third-order valence-corrected chi connectivity index (χ3v) is 2.91. The fraction of sp³-hybridized carbons (Fsp3) is 0.0833. The quantitative estimate of drug-likeness (QED) is 0.925. The Morgan fingerprint density at radius 2 is 1.82 bits per heavy atom. The molecule has 3 nitrogen and oxygen atoms in total. The molecule has 1 aromatic heterocycles. The van der Waals surface area contributed by atoms with Gasteiger partial charge in [-0.15, -0.1) is 0 Å². The second-order valence-electron chi connectivity index (χ2n) is 3.32. The van der Waals surface area contributed by atoms with Crippen LogP contribution < -0.4 is 4.74 Å². The van der Waals surface area contributed by atoms with E-state index in [9.17, 15) is 0 Å². The van der Waals surface area contributed by atoms with E-state index in [1.54, 1.807) is 30.3 Å². The Morgan fingerprint density at radius 1 is 1.12 bits per heavy atom. The summed E-state index contributed by atoms with van der Waals surface area (Å²) in [5.41, 5.74) is 0.808. The second kappa shape index (κ2) is 5.36. The van der Waals surface area contributed by atoms with E-state index >= 15 is 0 Å². The standard InChI is InChI=1S/C12H9Cl2NO2/c13-10-5-6-15-12(11(10)14)17-9-3-1-8(7-16)2-4-9/h1-6,16H,7H2. The van der Waals surface area contributed by atoms with Gasteiger partial charge in [0.05, 0.1) is 11.6 Å². The summed E-state index contributed by atoms with van der Waals surface area (Å²) in [4.78, 5) is 3.99. The fourth-order valence-electron chi connectivity index (χ4n) is 1.25. The van der Waals surface area contributed by atoms with Crippen molar-refractivity contribution in [2.24, 2.45) is 0 Å². The molecule has 0 radical (unpaired) electrons. The highest BCUT2D eigenvalue weighted by Crippen LogP contribution is 2.32. The van der Waals surface area contributed by atoms with Crippen molar-refractivity contribution in [2.45, 2.75) is 6.61 Å². The van der Waals surface area contributed by atoms with Gasteiger partial charge in [-0.2, -0.15) is 0 Å². The molecule has 0 saturated carbocycles. The zero-order valence-corrected chi connectivity index (χ0v) is 10.2. The predicted molar refractivity (Wildman–Crippen MR) is 66.7 cm³/mol. The average molecular weight is 270 g/mol. The Labute approximate surface area is 109 Å². The van der Waals surface area contributed by atoms with Crippen molar-refractivity contribution in [2.75, 3.05) is 0 Å². The van der Waals surface area contributed by atoms with Gasteiger partial charge in [0.15, 0.2) is 0 Å². The molecule has 0 aliphatic carbocycles. The van der Waals surface area contributed by atoms with Gasteiger partial charge in [-0.05, 0) is 23.8 Å². The Kier molecular flexibility index (Phi) is 3.84. The molecule has 2 aromatic rings. The maximum atomic E-state index is 8.91. The summed E-state index contributed by atoms with van der Waals surface area (Å²) in [6.45, 7) is -0.00352. The molecule has 88 valence electrons. The number of hydrogen-bond donors (Lipinski definition) is 1. The number of ether oxygens (including phenoxy) is 1. The zero-order valence-electron chi connectivity index (χ0n) is 8.73. The largest absolute Gasteiger partial charge is 0.437 e. The number of rotatable bonds is 3. The molecule has 2 rings (SSSR count). The van der Waals surface area contributed by atoms with Crippen molar-refractivity contribution >= 4 is 23.2 Å². The van der Waals surface area contributed by atoms with Crippen LogP contribution in [0.4, 0.5) is 0 Å². The summed E-state index contributed by atoms with van der Waals surface area (Å²) in [5.74, 6) is 0.842. The van der Waals surface area contributed by atoms with Crippen molar-refractivity contribution in [3.8, 4) is 11.6 Å². The summed E-state index contributed by atoms with van der Waals surface area (Å²) in [5, 5.41) is 9.58. The van der Waals surface area contributed by atoms with Crippen molar-refractivity contribution in [1.29, 1.82) is 0 Å². The maximum absolute atomic E-state index is 8.91. The number of halogens is 2. The van der Waals surface area contributed by atoms with Gasteiger partial charge in [0.25, 0.3) is 0 Å². The first-order valence-electron chi connectivity index (χ1n) is 4.88. The lowest BCUT2D eigenvalue weighted by Crippen LogP contribution is -1.90. The minimum atomic E-state index is -0.00352. The lowest BCUT2D eigenvalue weighted by molar-refractivity contribution is 0.281. The van der Waals surface area contributed by atoms with E-state index < -0.39 is 0 Å². The number of hydrogen-bond acceptors (Lipinski definition) is 3. The Bertz CT molecular complexity index is 514. The third kappa shape index (κ3) is 2.88. The molecule has 0 amide bonds. The number of nitrogens with zero attached hydrogens (tertiary/aromatic N) is 1. The normalized spacial score (nSPS) is 10.3. The van der Waals surface area contributed by atoms with Crippen LogP contribution in [0.1, 0.15) is 5.56 Å². The minimum Gasteiger partial charge on any atom is -0.437 e. The topological polar surface area (TPSA) is 42.4 Å². The van der Waals surface area contributed by atoms with Gasteiger partial charge < -0.3 is 9.84 Å². The summed E-state index contributed by atoms with van der Waals surface area (Å²) in [7, 11) is 0. The Hall–Kier alpha value is -1.29. The molecular weight excluding hydrogens is 261 g/mol. The first-order valence-corrected chi connectivity index (χ1v) is 5.64. The van der Waals surface area contributed by atoms with E-state index in [0.29, 0.717) is 10.8 Å². The molecule has 1 heterocycles. The molecule has 0 spiro atoms. The van der Waals surface area contributed by atoms with E-state index in [4.69, 9.17) is 33.0 Å². The highest BCUT2D eigenvalue weighted by molar-refractivity contribution is 6.42. The van der Waals surface area contributed by atoms with E-state index in [1.807, 2.05) is 0 Å². The van der Waals surface area contributed by atoms with Gasteiger partial charge in [-0.25, -0.2) is 4.98 Å². The number of pyridine rings is 1. The monoisotopic (exact) mass is 269 g/mol. The number of aromatic nitrogens is 1. The lowest BCUT2D eigenvalue weighted by Gasteiger charge is -2.07. The predicted octanol–water partition coefficient (Wildman–Crippen LogP) is 3.67. The van der Waals surface area contributed by atoms with E-state index in [0.717, 1.165) is 5.56 Å². The minimum absolute atomic E-state index is 0.00352. The molecule has 0 saturated heterocycles. The van der Waals surface area contributed by atoms with Crippen LogP contribution in [0.5, 0.6) is 11.6 Å². The molecule has 17 heavy (non-hydrogen) atoms. The van der Waals surface area contributed by atoms with Crippen LogP contribution in [0.15, 0.2) is 36.5 Å². The van der Waals surface area contributed by atoms with Gasteiger partial charge in [0.1, 0.15) is 10.8 Å². The van der Waals surface area contributed by atoms with Gasteiger partial charge in [0, 0.05) is 6.20 Å². The molecule has 0 atom stereocenters. The lowest BCUT2D eigenvalue weighted by atomic mass is 10.2. The molecule has 5 heteroatoms. The summed E-state index contributed by atoms with van der Waals surface area (Å²) >= 11 is 11.8. The van der Waals surface area contributed by atoms with E-state index in [1.165, 1.54) is 6.20 Å². The SMILES string of the molecule is OCc1ccc(Oc2nccc(Cl)c2Cl)cc1. The van der Waals surface area contributed by atoms with Crippen molar-refractivity contribution in [3.05, 3.63) is 52.1 Å². The van der Waals surface area contributed by atoms with Crippen molar-refractivity contribution in [3.63, 3.8) is 0 Å². The van der Waals surface area contributed by atoms with Crippen LogP contribution in [0.3, 0.4) is 0 Å². The molecule has 1 aromatic carbocycles. The van der Waals surface area contributed by atoms with Crippen LogP contribution in [-0.4, -0.2) is 10.1 Å². The molecule has 1 N–H and O–H groups in total. The van der Waals surface area contributed by atoms with Crippen LogP contribution in [0.2, 0.25) is 10.0 Å². The van der Waals surface area contributed by atoms with Gasteiger partial charge in [-0.1, -0.05) is 35.3 Å². The number of aliphatic hydroxyl groups is 1. The summed E-state index contributed by atoms with van der Waals surface area (Å²) in [6.07, 6.45) is 1.52. The summed E-state index contributed by atoms with van der Waals surface area (Å²) in [6, 6.07) is 8.56. The molecule has 0 bridgehead atoms. The molecule has 0 aliphatic heterocycles. The van der Waals surface area contributed by atoms with Crippen molar-refractivity contribution in [1.82, 2.24) is 4.98 Å². The Balaban J connectivity index is 2.22. The Morgan fingerprint density at radius 3 is 2.47 bits per heavy atom. The van der Waals surface area contributed by atoms with Crippen LogP contribution >= 0.6 is 23.2 Å². The van der Waals surface area contributed by atoms with Crippen LogP contribution in [0, 0.1) is 0 Å². The smallest absolute Gasteiger partial charge is 0.239 e. The van der Waals surface area contributed by atoms with Gasteiger partial charge in [0.2, 0.25) is 5.88 Å². The molecule has 0 unspecified atom stereocenters.